The van der Waals surface area contributed by atoms with Crippen LogP contribution in [0, 0.1) is 5.41 Å². The fraction of sp³-hybridized carbons (Fsp3) is 0.917. The van der Waals surface area contributed by atoms with Crippen molar-refractivity contribution in [2.45, 2.75) is 40.5 Å². The van der Waals surface area contributed by atoms with Crippen LogP contribution in [0.4, 0.5) is 4.79 Å². The molecule has 0 aromatic carbocycles. The number of hydrogen-bond donors (Lipinski definition) is 2. The molecule has 0 saturated carbocycles. The largest absolute Gasteiger partial charge is 0.337 e. The Hall–Kier alpha value is -0.770. The minimum atomic E-state index is 0.0332. The molecule has 3 N–H and O–H groups in total. The van der Waals surface area contributed by atoms with Crippen molar-refractivity contribution < 1.29 is 4.79 Å². The Morgan fingerprint density at radius 1 is 1.31 bits per heavy atom. The second-order valence-electron chi connectivity index (χ2n) is 4.89. The van der Waals surface area contributed by atoms with E-state index < -0.39 is 0 Å². The molecule has 0 aromatic rings. The Bertz CT molecular complexity index is 200. The van der Waals surface area contributed by atoms with E-state index in [1.54, 1.807) is 4.90 Å². The normalized spacial score (nSPS) is 11.3. The highest BCUT2D eigenvalue weighted by molar-refractivity contribution is 5.74. The second kappa shape index (κ2) is 7.49. The number of amides is 2. The highest BCUT2D eigenvalue weighted by Gasteiger charge is 2.19. The third-order valence-corrected chi connectivity index (χ3v) is 2.83. The van der Waals surface area contributed by atoms with E-state index in [0.717, 1.165) is 25.9 Å². The molecule has 0 aliphatic heterocycles. The third-order valence-electron chi connectivity index (χ3n) is 2.83. The SMILES string of the molecule is CCN(CC)C(=O)NCC(C)(C)CCCN. The maximum absolute atomic E-state index is 11.7. The summed E-state index contributed by atoms with van der Waals surface area (Å²) in [5.41, 5.74) is 5.61. The zero-order chi connectivity index (χ0) is 12.6. The highest BCUT2D eigenvalue weighted by Crippen LogP contribution is 2.20. The fourth-order valence-corrected chi connectivity index (χ4v) is 1.61. The van der Waals surface area contributed by atoms with Gasteiger partial charge in [0, 0.05) is 19.6 Å². The molecule has 2 amide bonds. The van der Waals surface area contributed by atoms with Crippen LogP contribution in [-0.2, 0) is 0 Å². The van der Waals surface area contributed by atoms with Crippen LogP contribution in [0.2, 0.25) is 0 Å². The Labute approximate surface area is 99.6 Å². The first-order valence-electron chi connectivity index (χ1n) is 6.19. The standard InChI is InChI=1S/C12H27N3O/c1-5-15(6-2)11(16)14-10-12(3,4)8-7-9-13/h5-10,13H2,1-4H3,(H,14,16). The molecule has 0 atom stereocenters. The molecule has 0 bridgehead atoms. The van der Waals surface area contributed by atoms with Crippen molar-refractivity contribution in [3.8, 4) is 0 Å². The summed E-state index contributed by atoms with van der Waals surface area (Å²) in [4.78, 5) is 13.5. The van der Waals surface area contributed by atoms with Gasteiger partial charge in [-0.25, -0.2) is 4.79 Å². The molecule has 0 aliphatic rings. The van der Waals surface area contributed by atoms with Gasteiger partial charge >= 0.3 is 6.03 Å². The lowest BCUT2D eigenvalue weighted by molar-refractivity contribution is 0.195. The smallest absolute Gasteiger partial charge is 0.317 e. The Kier molecular flexibility index (Phi) is 7.13. The van der Waals surface area contributed by atoms with E-state index in [9.17, 15) is 4.79 Å². The molecule has 0 radical (unpaired) electrons. The van der Waals surface area contributed by atoms with Crippen LogP contribution in [0.25, 0.3) is 0 Å². The highest BCUT2D eigenvalue weighted by atomic mass is 16.2. The molecular weight excluding hydrogens is 202 g/mol. The number of nitrogens with one attached hydrogen (secondary N) is 1. The maximum atomic E-state index is 11.7. The summed E-state index contributed by atoms with van der Waals surface area (Å²) >= 11 is 0. The first-order valence-corrected chi connectivity index (χ1v) is 6.19. The Balaban J connectivity index is 3.97. The van der Waals surface area contributed by atoms with Gasteiger partial charge in [-0.2, -0.15) is 0 Å². The van der Waals surface area contributed by atoms with E-state index in [1.165, 1.54) is 0 Å². The summed E-state index contributed by atoms with van der Waals surface area (Å²) < 4.78 is 0. The molecule has 96 valence electrons. The average molecular weight is 229 g/mol. The molecule has 4 nitrogen and oxygen atoms in total. The van der Waals surface area contributed by atoms with E-state index in [-0.39, 0.29) is 11.4 Å². The van der Waals surface area contributed by atoms with Crippen LogP contribution in [0.15, 0.2) is 0 Å². The van der Waals surface area contributed by atoms with Gasteiger partial charge in [0.05, 0.1) is 0 Å². The van der Waals surface area contributed by atoms with Gasteiger partial charge in [0.1, 0.15) is 0 Å². The van der Waals surface area contributed by atoms with Crippen LogP contribution < -0.4 is 11.1 Å². The van der Waals surface area contributed by atoms with Gasteiger partial charge in [-0.15, -0.1) is 0 Å². The van der Waals surface area contributed by atoms with E-state index >= 15 is 0 Å². The van der Waals surface area contributed by atoms with Crippen molar-refractivity contribution in [2.24, 2.45) is 11.1 Å². The van der Waals surface area contributed by atoms with E-state index in [1.807, 2.05) is 13.8 Å². The fourth-order valence-electron chi connectivity index (χ4n) is 1.61. The van der Waals surface area contributed by atoms with Crippen LogP contribution >= 0.6 is 0 Å². The van der Waals surface area contributed by atoms with E-state index in [2.05, 4.69) is 19.2 Å². The summed E-state index contributed by atoms with van der Waals surface area (Å²) in [6.45, 7) is 11.2. The van der Waals surface area contributed by atoms with Crippen LogP contribution in [0.3, 0.4) is 0 Å². The number of hydrogen-bond acceptors (Lipinski definition) is 2. The van der Waals surface area contributed by atoms with E-state index in [4.69, 9.17) is 5.73 Å². The van der Waals surface area contributed by atoms with Crippen LogP contribution in [0.1, 0.15) is 40.5 Å². The molecule has 0 aliphatic carbocycles. The van der Waals surface area contributed by atoms with Crippen molar-refractivity contribution in [3.63, 3.8) is 0 Å². The summed E-state index contributed by atoms with van der Waals surface area (Å²) in [6.07, 6.45) is 2.05. The lowest BCUT2D eigenvalue weighted by Crippen LogP contribution is -2.43. The minimum Gasteiger partial charge on any atom is -0.337 e. The molecule has 0 saturated heterocycles. The monoisotopic (exact) mass is 229 g/mol. The van der Waals surface area contributed by atoms with Gasteiger partial charge in [0.25, 0.3) is 0 Å². The molecule has 0 rings (SSSR count). The number of nitrogens with two attached hydrogens (primary N) is 1. The van der Waals surface area contributed by atoms with Gasteiger partial charge < -0.3 is 16.0 Å². The number of carbonyl (C=O) groups excluding carboxylic acids is 1. The van der Waals surface area contributed by atoms with Crippen molar-refractivity contribution in [1.82, 2.24) is 10.2 Å². The zero-order valence-corrected chi connectivity index (χ0v) is 11.2. The number of nitrogens with zero attached hydrogens (tertiary/aromatic N) is 1. The second-order valence-corrected chi connectivity index (χ2v) is 4.89. The lowest BCUT2D eigenvalue weighted by Gasteiger charge is -2.27. The third kappa shape index (κ3) is 5.95. The van der Waals surface area contributed by atoms with Crippen LogP contribution in [-0.4, -0.2) is 37.1 Å². The number of urea groups is 1. The molecule has 4 heteroatoms. The van der Waals surface area contributed by atoms with Gasteiger partial charge in [-0.3, -0.25) is 0 Å². The number of rotatable bonds is 7. The minimum absolute atomic E-state index is 0.0332. The predicted octanol–water partition coefficient (Wildman–Crippen LogP) is 1.80. The van der Waals surface area contributed by atoms with Crippen molar-refractivity contribution in [1.29, 1.82) is 0 Å². The lowest BCUT2D eigenvalue weighted by atomic mass is 9.88. The Morgan fingerprint density at radius 3 is 2.31 bits per heavy atom. The molecule has 0 unspecified atom stereocenters. The van der Waals surface area contributed by atoms with Gasteiger partial charge in [-0.05, 0) is 38.6 Å². The van der Waals surface area contributed by atoms with Crippen molar-refractivity contribution >= 4 is 6.03 Å². The average Bonchev–Trinajstić information content (AvgIpc) is 2.25. The molecule has 0 heterocycles. The molecule has 0 spiro atoms. The molecule has 0 aromatic heterocycles. The molecule has 0 fully saturated rings. The Morgan fingerprint density at radius 2 is 1.88 bits per heavy atom. The predicted molar refractivity (Wildman–Crippen MR) is 68.4 cm³/mol. The number of carbonyl (C=O) groups is 1. The van der Waals surface area contributed by atoms with Gasteiger partial charge in [-0.1, -0.05) is 13.8 Å². The summed E-state index contributed by atoms with van der Waals surface area (Å²) in [6, 6.07) is 0.0332. The van der Waals surface area contributed by atoms with E-state index in [0.29, 0.717) is 13.1 Å². The van der Waals surface area contributed by atoms with Crippen LogP contribution in [0.5, 0.6) is 0 Å². The van der Waals surface area contributed by atoms with Gasteiger partial charge in [0.2, 0.25) is 0 Å². The molecule has 16 heavy (non-hydrogen) atoms. The summed E-state index contributed by atoms with van der Waals surface area (Å²) in [7, 11) is 0. The first-order chi connectivity index (χ1) is 7.46. The molecular formula is C12H27N3O. The first kappa shape index (κ1) is 15.2. The summed E-state index contributed by atoms with van der Waals surface area (Å²) in [5, 5.41) is 2.98. The zero-order valence-electron chi connectivity index (χ0n) is 11.2. The quantitative estimate of drug-likeness (QED) is 0.699. The van der Waals surface area contributed by atoms with Crippen molar-refractivity contribution in [2.75, 3.05) is 26.2 Å². The topological polar surface area (TPSA) is 58.4 Å². The van der Waals surface area contributed by atoms with Gasteiger partial charge in [0.15, 0.2) is 0 Å². The summed E-state index contributed by atoms with van der Waals surface area (Å²) in [5.74, 6) is 0. The maximum Gasteiger partial charge on any atom is 0.317 e. The van der Waals surface area contributed by atoms with Crippen molar-refractivity contribution in [3.05, 3.63) is 0 Å².